The van der Waals surface area contributed by atoms with Crippen LogP contribution in [0.3, 0.4) is 0 Å². The zero-order chi connectivity index (χ0) is 11.6. The van der Waals surface area contributed by atoms with Gasteiger partial charge in [-0.05, 0) is 12.3 Å². The highest BCUT2D eigenvalue weighted by molar-refractivity contribution is 5.66. The zero-order valence-electron chi connectivity index (χ0n) is 8.78. The van der Waals surface area contributed by atoms with Crippen LogP contribution in [0, 0.1) is 5.92 Å². The first-order valence-electron chi connectivity index (χ1n) is 4.70. The second-order valence-corrected chi connectivity index (χ2v) is 3.89. The van der Waals surface area contributed by atoms with E-state index in [-0.39, 0.29) is 12.2 Å². The minimum Gasteiger partial charge on any atom is -0.480 e. The summed E-state index contributed by atoms with van der Waals surface area (Å²) in [4.78, 5) is 21.9. The number of rotatable bonds is 4. The predicted octanol–water partition coefficient (Wildman–Crippen LogP) is 0.0417. The highest BCUT2D eigenvalue weighted by Crippen LogP contribution is 2.09. The van der Waals surface area contributed by atoms with Crippen LogP contribution in [0.2, 0.25) is 0 Å². The molecule has 6 heteroatoms. The van der Waals surface area contributed by atoms with Crippen molar-refractivity contribution in [2.75, 3.05) is 5.73 Å². The molecule has 0 fully saturated rings. The Morgan fingerprint density at radius 1 is 1.60 bits per heavy atom. The molecule has 0 aliphatic rings. The fourth-order valence-electron chi connectivity index (χ4n) is 1.36. The maximum Gasteiger partial charge on any atom is 0.325 e. The van der Waals surface area contributed by atoms with E-state index < -0.39 is 11.5 Å². The van der Waals surface area contributed by atoms with Crippen LogP contribution in [0.4, 0.5) is 5.69 Å². The molecule has 0 unspecified atom stereocenters. The SMILES string of the molecule is CC(C)Cc1[nH]n(CC(=O)O)c(=O)c1N. The summed E-state index contributed by atoms with van der Waals surface area (Å²) in [7, 11) is 0. The van der Waals surface area contributed by atoms with Gasteiger partial charge in [-0.25, -0.2) is 4.68 Å². The molecule has 1 rings (SSSR count). The van der Waals surface area contributed by atoms with Crippen molar-refractivity contribution in [1.29, 1.82) is 0 Å². The molecule has 0 saturated carbocycles. The molecule has 0 radical (unpaired) electrons. The van der Waals surface area contributed by atoms with E-state index in [4.69, 9.17) is 10.8 Å². The standard InChI is InChI=1S/C9H15N3O3/c1-5(2)3-6-8(10)9(15)12(11-6)4-7(13)14/h5,11H,3-4,10H2,1-2H3,(H,13,14). The maximum absolute atomic E-state index is 11.4. The van der Waals surface area contributed by atoms with Crippen LogP contribution >= 0.6 is 0 Å². The topological polar surface area (TPSA) is 101 Å². The molecule has 15 heavy (non-hydrogen) atoms. The number of hydrogen-bond donors (Lipinski definition) is 3. The number of carboxylic acids is 1. The monoisotopic (exact) mass is 213 g/mol. The molecule has 0 aliphatic carbocycles. The van der Waals surface area contributed by atoms with Gasteiger partial charge in [0.15, 0.2) is 0 Å². The number of carbonyl (C=O) groups is 1. The lowest BCUT2D eigenvalue weighted by Gasteiger charge is -2.02. The molecule has 4 N–H and O–H groups in total. The molecule has 1 aromatic rings. The summed E-state index contributed by atoms with van der Waals surface area (Å²) in [6, 6.07) is 0. The fourth-order valence-corrected chi connectivity index (χ4v) is 1.36. The van der Waals surface area contributed by atoms with Crippen molar-refractivity contribution in [3.8, 4) is 0 Å². The van der Waals surface area contributed by atoms with Gasteiger partial charge in [0.05, 0.1) is 5.69 Å². The van der Waals surface area contributed by atoms with Crippen molar-refractivity contribution < 1.29 is 9.90 Å². The normalized spacial score (nSPS) is 10.9. The molecule has 1 aromatic heterocycles. The third kappa shape index (κ3) is 2.61. The van der Waals surface area contributed by atoms with Gasteiger partial charge in [-0.2, -0.15) is 0 Å². The first-order valence-corrected chi connectivity index (χ1v) is 4.70. The van der Waals surface area contributed by atoms with E-state index >= 15 is 0 Å². The smallest absolute Gasteiger partial charge is 0.325 e. The van der Waals surface area contributed by atoms with Gasteiger partial charge in [-0.1, -0.05) is 13.8 Å². The first kappa shape index (κ1) is 11.4. The van der Waals surface area contributed by atoms with E-state index in [1.807, 2.05) is 13.8 Å². The molecule has 0 bridgehead atoms. The quantitative estimate of drug-likeness (QED) is 0.657. The van der Waals surface area contributed by atoms with Gasteiger partial charge in [0.25, 0.3) is 5.56 Å². The van der Waals surface area contributed by atoms with Crippen LogP contribution in [0.15, 0.2) is 4.79 Å². The molecule has 1 heterocycles. The number of aliphatic carboxylic acids is 1. The van der Waals surface area contributed by atoms with Crippen molar-refractivity contribution >= 4 is 11.7 Å². The molecule has 0 amide bonds. The van der Waals surface area contributed by atoms with Crippen LogP contribution in [-0.4, -0.2) is 20.9 Å². The number of nitrogens with zero attached hydrogens (tertiary/aromatic N) is 1. The van der Waals surface area contributed by atoms with Crippen LogP contribution in [0.1, 0.15) is 19.5 Å². The van der Waals surface area contributed by atoms with Gasteiger partial charge in [0.1, 0.15) is 12.2 Å². The fraction of sp³-hybridized carbons (Fsp3) is 0.556. The summed E-state index contributed by atoms with van der Waals surface area (Å²) in [5.74, 6) is -0.724. The van der Waals surface area contributed by atoms with Crippen molar-refractivity contribution in [3.63, 3.8) is 0 Å². The molecule has 0 spiro atoms. The Bertz CT molecular complexity index is 417. The third-order valence-corrected chi connectivity index (χ3v) is 1.98. The van der Waals surface area contributed by atoms with Crippen LogP contribution < -0.4 is 11.3 Å². The lowest BCUT2D eigenvalue weighted by Crippen LogP contribution is -2.22. The van der Waals surface area contributed by atoms with Gasteiger partial charge in [-0.15, -0.1) is 0 Å². The predicted molar refractivity (Wildman–Crippen MR) is 55.6 cm³/mol. The van der Waals surface area contributed by atoms with Crippen molar-refractivity contribution in [2.45, 2.75) is 26.8 Å². The van der Waals surface area contributed by atoms with E-state index in [0.717, 1.165) is 4.68 Å². The number of aromatic nitrogens is 2. The minimum atomic E-state index is -1.07. The Morgan fingerprint density at radius 2 is 2.20 bits per heavy atom. The first-order chi connectivity index (χ1) is 6.91. The number of nitrogens with one attached hydrogen (secondary N) is 1. The van der Waals surface area contributed by atoms with Gasteiger partial charge in [0.2, 0.25) is 0 Å². The van der Waals surface area contributed by atoms with E-state index in [2.05, 4.69) is 5.10 Å². The molecular formula is C9H15N3O3. The number of nitrogen functional groups attached to an aromatic ring is 1. The van der Waals surface area contributed by atoms with E-state index in [9.17, 15) is 9.59 Å². The van der Waals surface area contributed by atoms with Crippen molar-refractivity contribution in [1.82, 2.24) is 9.78 Å². The van der Waals surface area contributed by atoms with E-state index in [1.54, 1.807) is 0 Å². The lowest BCUT2D eigenvalue weighted by atomic mass is 10.1. The van der Waals surface area contributed by atoms with Gasteiger partial charge < -0.3 is 10.8 Å². The molecule has 84 valence electrons. The summed E-state index contributed by atoms with van der Waals surface area (Å²) in [6.45, 7) is 3.60. The number of nitrogens with two attached hydrogens (primary N) is 1. The van der Waals surface area contributed by atoms with Gasteiger partial charge >= 0.3 is 5.97 Å². The Kier molecular flexibility index (Phi) is 3.18. The van der Waals surface area contributed by atoms with Crippen molar-refractivity contribution in [3.05, 3.63) is 16.0 Å². The minimum absolute atomic E-state index is 0.116. The number of H-pyrrole nitrogens is 1. The van der Waals surface area contributed by atoms with E-state index in [0.29, 0.717) is 18.0 Å². The number of anilines is 1. The molecule has 0 atom stereocenters. The number of carboxylic acid groups (broad SMARTS) is 1. The largest absolute Gasteiger partial charge is 0.480 e. The number of hydrogen-bond acceptors (Lipinski definition) is 3. The second-order valence-electron chi connectivity index (χ2n) is 3.89. The Morgan fingerprint density at radius 3 is 2.67 bits per heavy atom. The average Bonchev–Trinajstić information content (AvgIpc) is 2.32. The molecule has 0 saturated heterocycles. The summed E-state index contributed by atoms with van der Waals surface area (Å²) in [5, 5.41) is 11.3. The second kappa shape index (κ2) is 4.20. The highest BCUT2D eigenvalue weighted by atomic mass is 16.4. The zero-order valence-corrected chi connectivity index (χ0v) is 8.78. The van der Waals surface area contributed by atoms with Gasteiger partial charge in [-0.3, -0.25) is 14.7 Å². The number of aromatic amines is 1. The van der Waals surface area contributed by atoms with Crippen LogP contribution in [-0.2, 0) is 17.8 Å². The molecular weight excluding hydrogens is 198 g/mol. The Labute approximate surface area is 86.7 Å². The molecule has 6 nitrogen and oxygen atoms in total. The average molecular weight is 213 g/mol. The van der Waals surface area contributed by atoms with Crippen LogP contribution in [0.5, 0.6) is 0 Å². The maximum atomic E-state index is 11.4. The lowest BCUT2D eigenvalue weighted by molar-refractivity contribution is -0.137. The molecule has 0 aliphatic heterocycles. The van der Waals surface area contributed by atoms with Crippen LogP contribution in [0.25, 0.3) is 0 Å². The Hall–Kier alpha value is -1.72. The summed E-state index contributed by atoms with van der Waals surface area (Å²) in [6.07, 6.45) is 0.633. The van der Waals surface area contributed by atoms with E-state index in [1.165, 1.54) is 0 Å². The Balaban J connectivity index is 3.01. The van der Waals surface area contributed by atoms with Crippen molar-refractivity contribution in [2.24, 2.45) is 5.92 Å². The van der Waals surface area contributed by atoms with Gasteiger partial charge in [0, 0.05) is 0 Å². The summed E-state index contributed by atoms with van der Waals surface area (Å²) >= 11 is 0. The summed E-state index contributed by atoms with van der Waals surface area (Å²) < 4.78 is 1.01. The highest BCUT2D eigenvalue weighted by Gasteiger charge is 2.13. The third-order valence-electron chi connectivity index (χ3n) is 1.98. The summed E-state index contributed by atoms with van der Waals surface area (Å²) in [5.41, 5.74) is 5.83. The molecule has 0 aromatic carbocycles.